The summed E-state index contributed by atoms with van der Waals surface area (Å²) in [5.74, 6) is 1.99. The lowest BCUT2D eigenvalue weighted by Crippen LogP contribution is -2.57. The van der Waals surface area contributed by atoms with Crippen molar-refractivity contribution in [1.29, 1.82) is 0 Å². The maximum absolute atomic E-state index is 13.3. The Bertz CT molecular complexity index is 984. The first-order valence-corrected chi connectivity index (χ1v) is 8.09. The van der Waals surface area contributed by atoms with Gasteiger partial charge in [0.2, 0.25) is 25.1 Å². The van der Waals surface area contributed by atoms with Gasteiger partial charge in [-0.25, -0.2) is 0 Å². The third kappa shape index (κ3) is 1.55. The Morgan fingerprint density at radius 3 is 2.54 bits per heavy atom. The number of Topliss-reactive ketones (excluding diaryl/α,β-unsaturated/α-hetero) is 1. The van der Waals surface area contributed by atoms with E-state index in [9.17, 15) is 9.90 Å². The topological polar surface area (TPSA) is 92.7 Å². The van der Waals surface area contributed by atoms with Crippen LogP contribution in [0.25, 0.3) is 0 Å². The van der Waals surface area contributed by atoms with Crippen LogP contribution in [0, 0.1) is 0 Å². The zero-order valence-corrected chi connectivity index (χ0v) is 13.3. The molecule has 8 heteroatoms. The average molecular weight is 356 g/mol. The van der Waals surface area contributed by atoms with Gasteiger partial charge < -0.3 is 33.5 Å². The van der Waals surface area contributed by atoms with E-state index in [1.807, 2.05) is 0 Å². The van der Waals surface area contributed by atoms with Crippen molar-refractivity contribution in [3.05, 3.63) is 35.4 Å². The fraction of sp³-hybridized carbons (Fsp3) is 0.278. The number of aliphatic hydroxyl groups is 1. The Hall–Kier alpha value is -3.13. The number of rotatable bonds is 0. The molecular weight excluding hydrogens is 344 g/mol. The van der Waals surface area contributed by atoms with E-state index in [-0.39, 0.29) is 31.5 Å². The third-order valence-corrected chi connectivity index (χ3v) is 5.09. The highest BCUT2D eigenvalue weighted by molar-refractivity contribution is 6.08. The second kappa shape index (κ2) is 4.53. The lowest BCUT2D eigenvalue weighted by atomic mass is 9.77. The van der Waals surface area contributed by atoms with Gasteiger partial charge in [-0.15, -0.1) is 0 Å². The first kappa shape index (κ1) is 14.1. The third-order valence-electron chi connectivity index (χ3n) is 5.09. The fourth-order valence-electron chi connectivity index (χ4n) is 3.78. The van der Waals surface area contributed by atoms with Gasteiger partial charge >= 0.3 is 0 Å². The minimum atomic E-state index is -1.89. The van der Waals surface area contributed by atoms with Crippen LogP contribution in [0.5, 0.6) is 34.5 Å². The lowest BCUT2D eigenvalue weighted by Gasteiger charge is -2.42. The highest BCUT2D eigenvalue weighted by atomic mass is 16.7. The Morgan fingerprint density at radius 1 is 0.885 bits per heavy atom. The van der Waals surface area contributed by atoms with Crippen molar-refractivity contribution in [2.45, 2.75) is 11.7 Å². The Balaban J connectivity index is 1.55. The van der Waals surface area contributed by atoms with Crippen molar-refractivity contribution in [1.82, 2.24) is 0 Å². The Kier molecular flexibility index (Phi) is 2.45. The van der Waals surface area contributed by atoms with E-state index in [2.05, 4.69) is 0 Å². The largest absolute Gasteiger partial charge is 0.489 e. The lowest BCUT2D eigenvalue weighted by molar-refractivity contribution is -0.0805. The van der Waals surface area contributed by atoms with E-state index < -0.39 is 17.5 Å². The van der Waals surface area contributed by atoms with Gasteiger partial charge in [-0.2, -0.15) is 0 Å². The molecule has 2 unspecified atom stereocenters. The monoisotopic (exact) mass is 356 g/mol. The van der Waals surface area contributed by atoms with E-state index >= 15 is 0 Å². The number of fused-ring (bicyclic) bond motifs is 7. The van der Waals surface area contributed by atoms with Gasteiger partial charge in [0.05, 0.1) is 5.56 Å². The molecule has 2 aromatic rings. The molecule has 4 aliphatic heterocycles. The summed E-state index contributed by atoms with van der Waals surface area (Å²) in [5, 5.41) is 11.4. The quantitative estimate of drug-likeness (QED) is 0.757. The standard InChI is InChI=1S/C18H12O8/c19-17-8-1-2-10-16(25-7-22-10)15(8)26-14-5-21-11-4-13-12(23-6-24-13)3-9(11)18(14,17)20/h1-4,14,20H,5-7H2. The average Bonchev–Trinajstić information content (AvgIpc) is 3.30. The Morgan fingerprint density at radius 2 is 1.65 bits per heavy atom. The number of benzene rings is 2. The Labute approximate surface area is 146 Å². The first-order valence-electron chi connectivity index (χ1n) is 8.09. The van der Waals surface area contributed by atoms with Crippen LogP contribution in [-0.4, -0.2) is 37.2 Å². The van der Waals surface area contributed by atoms with Crippen molar-refractivity contribution >= 4 is 5.78 Å². The van der Waals surface area contributed by atoms with Gasteiger partial charge in [-0.1, -0.05) is 0 Å². The van der Waals surface area contributed by atoms with Gasteiger partial charge in [0.25, 0.3) is 0 Å². The van der Waals surface area contributed by atoms with E-state index in [4.69, 9.17) is 28.4 Å². The molecule has 4 aliphatic rings. The number of ketones is 1. The summed E-state index contributed by atoms with van der Waals surface area (Å²) in [7, 11) is 0. The van der Waals surface area contributed by atoms with Crippen LogP contribution in [0.3, 0.4) is 0 Å². The number of hydrogen-bond donors (Lipinski definition) is 1. The van der Waals surface area contributed by atoms with Gasteiger partial charge in [0.1, 0.15) is 12.4 Å². The molecule has 2 aromatic carbocycles. The molecule has 0 aromatic heterocycles. The summed E-state index contributed by atoms with van der Waals surface area (Å²) < 4.78 is 33.1. The maximum atomic E-state index is 13.3. The predicted octanol–water partition coefficient (Wildman–Crippen LogP) is 1.37. The van der Waals surface area contributed by atoms with Gasteiger partial charge in [-0.3, -0.25) is 4.79 Å². The van der Waals surface area contributed by atoms with E-state index in [0.717, 1.165) is 0 Å². The molecule has 2 atom stereocenters. The predicted molar refractivity (Wildman–Crippen MR) is 83.3 cm³/mol. The minimum Gasteiger partial charge on any atom is -0.489 e. The molecule has 0 amide bonds. The molecule has 26 heavy (non-hydrogen) atoms. The molecule has 0 aliphatic carbocycles. The molecule has 0 radical (unpaired) electrons. The molecule has 6 rings (SSSR count). The van der Waals surface area contributed by atoms with Crippen LogP contribution >= 0.6 is 0 Å². The van der Waals surface area contributed by atoms with E-state index in [0.29, 0.717) is 34.3 Å². The van der Waals surface area contributed by atoms with Crippen molar-refractivity contribution in [3.63, 3.8) is 0 Å². The van der Waals surface area contributed by atoms with Crippen LogP contribution in [0.2, 0.25) is 0 Å². The SMILES string of the molecule is O=C1c2ccc3c(c2OC2COc4cc5c(cc4C12O)OCO5)OCO3. The molecular formula is C18H12O8. The first-order chi connectivity index (χ1) is 12.7. The smallest absolute Gasteiger partial charge is 0.231 e. The summed E-state index contributed by atoms with van der Waals surface area (Å²) in [5.41, 5.74) is -1.36. The van der Waals surface area contributed by atoms with Crippen LogP contribution in [-0.2, 0) is 5.60 Å². The number of ether oxygens (including phenoxy) is 6. The van der Waals surface area contributed by atoms with Crippen molar-refractivity contribution in [2.24, 2.45) is 0 Å². The van der Waals surface area contributed by atoms with Crippen LogP contribution < -0.4 is 28.4 Å². The van der Waals surface area contributed by atoms with Gasteiger partial charge in [0.15, 0.2) is 34.7 Å². The summed E-state index contributed by atoms with van der Waals surface area (Å²) in [6.07, 6.45) is -0.925. The molecule has 132 valence electrons. The highest BCUT2D eigenvalue weighted by Gasteiger charge is 2.57. The second-order valence-electron chi connectivity index (χ2n) is 6.39. The number of hydrogen-bond acceptors (Lipinski definition) is 8. The highest BCUT2D eigenvalue weighted by Crippen LogP contribution is 2.53. The normalized spacial score (nSPS) is 26.3. The zero-order valence-electron chi connectivity index (χ0n) is 13.3. The van der Waals surface area contributed by atoms with Crippen LogP contribution in [0.15, 0.2) is 24.3 Å². The van der Waals surface area contributed by atoms with Crippen molar-refractivity contribution in [3.8, 4) is 34.5 Å². The van der Waals surface area contributed by atoms with Crippen molar-refractivity contribution in [2.75, 3.05) is 20.2 Å². The summed E-state index contributed by atoms with van der Waals surface area (Å²) in [6.45, 7) is 0.136. The van der Waals surface area contributed by atoms with Gasteiger partial charge in [-0.05, 0) is 18.2 Å². The van der Waals surface area contributed by atoms with Crippen LogP contribution in [0.1, 0.15) is 15.9 Å². The number of carbonyl (C=O) groups is 1. The van der Waals surface area contributed by atoms with Crippen LogP contribution in [0.4, 0.5) is 0 Å². The summed E-state index contributed by atoms with van der Waals surface area (Å²) in [6, 6.07) is 6.39. The molecule has 1 N–H and O–H groups in total. The molecule has 8 nitrogen and oxygen atoms in total. The van der Waals surface area contributed by atoms with E-state index in [1.54, 1.807) is 24.3 Å². The molecule has 0 saturated heterocycles. The molecule has 0 spiro atoms. The zero-order chi connectivity index (χ0) is 17.5. The fourth-order valence-corrected chi connectivity index (χ4v) is 3.78. The minimum absolute atomic E-state index is 0.00114. The second-order valence-corrected chi connectivity index (χ2v) is 6.39. The number of carbonyl (C=O) groups excluding carboxylic acids is 1. The molecule has 0 saturated carbocycles. The molecule has 0 bridgehead atoms. The maximum Gasteiger partial charge on any atom is 0.231 e. The molecule has 4 heterocycles. The van der Waals surface area contributed by atoms with Crippen molar-refractivity contribution < 1.29 is 38.3 Å². The van der Waals surface area contributed by atoms with Gasteiger partial charge in [0, 0.05) is 11.6 Å². The molecule has 0 fully saturated rings. The summed E-state index contributed by atoms with van der Waals surface area (Å²) >= 11 is 0. The summed E-state index contributed by atoms with van der Waals surface area (Å²) in [4.78, 5) is 13.3. The van der Waals surface area contributed by atoms with E-state index in [1.165, 1.54) is 0 Å².